The monoisotopic (exact) mass is 359 g/mol. The van der Waals surface area contributed by atoms with Crippen LogP contribution in [0.15, 0.2) is 41.4 Å². The van der Waals surface area contributed by atoms with Gasteiger partial charge in [0, 0.05) is 13.2 Å². The topological polar surface area (TPSA) is 79.4 Å². The highest BCUT2D eigenvalue weighted by atomic mass is 32.2. The predicted octanol–water partition coefficient (Wildman–Crippen LogP) is 2.14. The Balaban J connectivity index is 1.71. The van der Waals surface area contributed by atoms with Gasteiger partial charge in [0.05, 0.1) is 11.4 Å². The van der Waals surface area contributed by atoms with Gasteiger partial charge in [0.15, 0.2) is 0 Å². The smallest absolute Gasteiger partial charge is 0.243 e. The molecule has 0 aliphatic heterocycles. The molecule has 1 heterocycles. The fourth-order valence-corrected chi connectivity index (χ4v) is 4.14. The Morgan fingerprint density at radius 1 is 1.20 bits per heavy atom. The van der Waals surface area contributed by atoms with Crippen molar-refractivity contribution in [1.29, 1.82) is 0 Å². The number of nitrogens with zero attached hydrogens (tertiary/aromatic N) is 2. The molecule has 25 heavy (non-hydrogen) atoms. The van der Waals surface area contributed by atoms with Crippen LogP contribution in [0.1, 0.15) is 23.1 Å². The fourth-order valence-electron chi connectivity index (χ4n) is 2.96. The van der Waals surface area contributed by atoms with Crippen LogP contribution in [0.5, 0.6) is 0 Å². The standard InChI is InChI=1S/C18H21N3O3S/c1-13-8-9-19-17(10-13)20-18(22)12-21(2)25(23,24)16-7-6-14-4-3-5-15(14)11-16/h6-11H,3-5,12H2,1-2H3,(H,19,20,22). The molecule has 0 fully saturated rings. The van der Waals surface area contributed by atoms with Gasteiger partial charge in [-0.25, -0.2) is 13.4 Å². The largest absolute Gasteiger partial charge is 0.310 e. The third-order valence-electron chi connectivity index (χ3n) is 4.33. The van der Waals surface area contributed by atoms with Gasteiger partial charge in [0.1, 0.15) is 5.82 Å². The molecule has 6 nitrogen and oxygen atoms in total. The number of sulfonamides is 1. The molecule has 0 saturated heterocycles. The van der Waals surface area contributed by atoms with Crippen LogP contribution in [0, 0.1) is 6.92 Å². The molecule has 1 aliphatic carbocycles. The lowest BCUT2D eigenvalue weighted by Crippen LogP contribution is -2.35. The Morgan fingerprint density at radius 2 is 1.96 bits per heavy atom. The summed E-state index contributed by atoms with van der Waals surface area (Å²) in [6.07, 6.45) is 4.55. The number of amides is 1. The molecule has 0 atom stereocenters. The number of fused-ring (bicyclic) bond motifs is 1. The molecule has 3 rings (SSSR count). The normalized spacial score (nSPS) is 13.7. The Labute approximate surface area is 147 Å². The maximum Gasteiger partial charge on any atom is 0.243 e. The van der Waals surface area contributed by atoms with Crippen molar-refractivity contribution >= 4 is 21.7 Å². The van der Waals surface area contributed by atoms with Crippen LogP contribution in [0.25, 0.3) is 0 Å². The van der Waals surface area contributed by atoms with Gasteiger partial charge in [0.25, 0.3) is 0 Å². The van der Waals surface area contributed by atoms with E-state index in [1.807, 2.05) is 19.1 Å². The van der Waals surface area contributed by atoms with E-state index < -0.39 is 15.9 Å². The van der Waals surface area contributed by atoms with E-state index in [1.165, 1.54) is 12.6 Å². The minimum Gasteiger partial charge on any atom is -0.310 e. The third kappa shape index (κ3) is 3.88. The minimum atomic E-state index is -3.70. The molecular formula is C18H21N3O3S. The van der Waals surface area contributed by atoms with Crippen molar-refractivity contribution in [2.75, 3.05) is 18.9 Å². The number of hydrogen-bond acceptors (Lipinski definition) is 4. The van der Waals surface area contributed by atoms with E-state index in [0.717, 1.165) is 34.7 Å². The lowest BCUT2D eigenvalue weighted by atomic mass is 10.1. The van der Waals surface area contributed by atoms with Gasteiger partial charge in [-0.05, 0) is 67.1 Å². The van der Waals surface area contributed by atoms with Gasteiger partial charge in [-0.15, -0.1) is 0 Å². The summed E-state index contributed by atoms with van der Waals surface area (Å²) < 4.78 is 26.5. The van der Waals surface area contributed by atoms with Crippen molar-refractivity contribution in [2.24, 2.45) is 0 Å². The quantitative estimate of drug-likeness (QED) is 0.887. The third-order valence-corrected chi connectivity index (χ3v) is 6.13. The first-order chi connectivity index (χ1) is 11.9. The molecule has 0 unspecified atom stereocenters. The number of benzene rings is 1. The maximum absolute atomic E-state index is 12.7. The molecule has 2 aromatic rings. The summed E-state index contributed by atoms with van der Waals surface area (Å²) in [6, 6.07) is 8.77. The second-order valence-electron chi connectivity index (χ2n) is 6.31. The van der Waals surface area contributed by atoms with Gasteiger partial charge < -0.3 is 5.32 Å². The van der Waals surface area contributed by atoms with Gasteiger partial charge in [-0.3, -0.25) is 4.79 Å². The second-order valence-corrected chi connectivity index (χ2v) is 8.36. The van der Waals surface area contributed by atoms with E-state index in [4.69, 9.17) is 0 Å². The van der Waals surface area contributed by atoms with Crippen molar-refractivity contribution in [3.8, 4) is 0 Å². The first-order valence-corrected chi connectivity index (χ1v) is 9.61. The molecule has 1 amide bonds. The number of likely N-dealkylation sites (N-methyl/N-ethyl adjacent to an activating group) is 1. The van der Waals surface area contributed by atoms with E-state index in [1.54, 1.807) is 24.4 Å². The zero-order valence-electron chi connectivity index (χ0n) is 14.3. The number of hydrogen-bond donors (Lipinski definition) is 1. The predicted molar refractivity (Wildman–Crippen MR) is 95.9 cm³/mol. The summed E-state index contributed by atoms with van der Waals surface area (Å²) >= 11 is 0. The second kappa shape index (κ2) is 6.93. The summed E-state index contributed by atoms with van der Waals surface area (Å²) in [5, 5.41) is 2.62. The Hall–Kier alpha value is -2.25. The van der Waals surface area contributed by atoms with Crippen molar-refractivity contribution in [1.82, 2.24) is 9.29 Å². The average Bonchev–Trinajstić information content (AvgIpc) is 3.02. The number of nitrogens with one attached hydrogen (secondary N) is 1. The molecule has 1 aromatic carbocycles. The van der Waals surface area contributed by atoms with Crippen LogP contribution in [0.4, 0.5) is 5.82 Å². The first kappa shape index (κ1) is 17.6. The zero-order chi connectivity index (χ0) is 18.0. The lowest BCUT2D eigenvalue weighted by Gasteiger charge is -2.17. The van der Waals surface area contributed by atoms with Crippen LogP contribution in [-0.4, -0.2) is 37.2 Å². The van der Waals surface area contributed by atoms with Crippen molar-refractivity contribution in [3.05, 3.63) is 53.2 Å². The number of rotatable bonds is 5. The summed E-state index contributed by atoms with van der Waals surface area (Å²) in [4.78, 5) is 16.4. The molecule has 0 saturated carbocycles. The van der Waals surface area contributed by atoms with E-state index >= 15 is 0 Å². The highest BCUT2D eigenvalue weighted by Gasteiger charge is 2.24. The van der Waals surface area contributed by atoms with Gasteiger partial charge >= 0.3 is 0 Å². The summed E-state index contributed by atoms with van der Waals surface area (Å²) in [5.41, 5.74) is 3.26. The fraction of sp³-hybridized carbons (Fsp3) is 0.333. The lowest BCUT2D eigenvalue weighted by molar-refractivity contribution is -0.116. The van der Waals surface area contributed by atoms with Crippen LogP contribution >= 0.6 is 0 Å². The van der Waals surface area contributed by atoms with Gasteiger partial charge in [-0.1, -0.05) is 6.07 Å². The molecular weight excluding hydrogens is 338 g/mol. The van der Waals surface area contributed by atoms with E-state index in [-0.39, 0.29) is 11.4 Å². The van der Waals surface area contributed by atoms with Crippen LogP contribution in [0.2, 0.25) is 0 Å². The Bertz CT molecular complexity index is 910. The molecule has 132 valence electrons. The molecule has 0 radical (unpaired) electrons. The van der Waals surface area contributed by atoms with Crippen molar-refractivity contribution in [3.63, 3.8) is 0 Å². The summed E-state index contributed by atoms with van der Waals surface area (Å²) in [6.45, 7) is 1.62. The number of aryl methyl sites for hydroxylation is 3. The number of carbonyl (C=O) groups excluding carboxylic acids is 1. The van der Waals surface area contributed by atoms with Crippen LogP contribution < -0.4 is 5.32 Å². The highest BCUT2D eigenvalue weighted by Crippen LogP contribution is 2.25. The number of carbonyl (C=O) groups is 1. The number of anilines is 1. The number of aromatic nitrogens is 1. The van der Waals surface area contributed by atoms with E-state index in [9.17, 15) is 13.2 Å². The van der Waals surface area contributed by atoms with Crippen LogP contribution in [-0.2, 0) is 27.7 Å². The zero-order valence-corrected chi connectivity index (χ0v) is 15.1. The van der Waals surface area contributed by atoms with Gasteiger partial charge in [0.2, 0.25) is 15.9 Å². The molecule has 1 N–H and O–H groups in total. The maximum atomic E-state index is 12.7. The summed E-state index contributed by atoms with van der Waals surface area (Å²) in [7, 11) is -2.30. The summed E-state index contributed by atoms with van der Waals surface area (Å²) in [5.74, 6) is -0.0151. The first-order valence-electron chi connectivity index (χ1n) is 8.17. The van der Waals surface area contributed by atoms with Crippen molar-refractivity contribution < 1.29 is 13.2 Å². The average molecular weight is 359 g/mol. The molecule has 7 heteroatoms. The molecule has 0 bridgehead atoms. The van der Waals surface area contributed by atoms with E-state index in [0.29, 0.717) is 5.82 Å². The Kier molecular flexibility index (Phi) is 4.87. The van der Waals surface area contributed by atoms with Crippen LogP contribution in [0.3, 0.4) is 0 Å². The Morgan fingerprint density at radius 3 is 2.72 bits per heavy atom. The van der Waals surface area contributed by atoms with Crippen molar-refractivity contribution in [2.45, 2.75) is 31.1 Å². The molecule has 1 aromatic heterocycles. The van der Waals surface area contributed by atoms with Gasteiger partial charge in [-0.2, -0.15) is 4.31 Å². The molecule has 1 aliphatic rings. The minimum absolute atomic E-state index is 0.233. The molecule has 0 spiro atoms. The van der Waals surface area contributed by atoms with E-state index in [2.05, 4.69) is 10.3 Å². The number of pyridine rings is 1. The highest BCUT2D eigenvalue weighted by molar-refractivity contribution is 7.89. The SMILES string of the molecule is Cc1ccnc(NC(=O)CN(C)S(=O)(=O)c2ccc3c(c2)CCC3)c1.